The Kier molecular flexibility index (Phi) is 2.02. The molecule has 2 aromatic rings. The minimum atomic E-state index is -0.157. The van der Waals surface area contributed by atoms with Gasteiger partial charge in [-0.25, -0.2) is 4.98 Å². The molecule has 0 fully saturated rings. The third kappa shape index (κ3) is 1.31. The molecule has 0 aromatic carbocycles. The van der Waals surface area contributed by atoms with E-state index < -0.39 is 0 Å². The monoisotopic (exact) mass is 194 g/mol. The van der Waals surface area contributed by atoms with Crippen LogP contribution in [0.4, 0.5) is 0 Å². The fourth-order valence-corrected chi connectivity index (χ4v) is 1.36. The molecule has 2 rings (SSSR count). The summed E-state index contributed by atoms with van der Waals surface area (Å²) in [5, 5.41) is 0.945. The van der Waals surface area contributed by atoms with E-state index >= 15 is 0 Å². The first-order valence-electron chi connectivity index (χ1n) is 3.84. The highest BCUT2D eigenvalue weighted by Gasteiger charge is 2.06. The molecule has 0 aliphatic heterocycles. The van der Waals surface area contributed by atoms with Crippen LogP contribution < -0.4 is 0 Å². The lowest BCUT2D eigenvalue weighted by Gasteiger charge is -1.98. The molecular formula is C9H7ClN2O. The highest BCUT2D eigenvalue weighted by atomic mass is 35.5. The Hall–Kier alpha value is -1.35. The second kappa shape index (κ2) is 3.18. The van der Waals surface area contributed by atoms with Crippen molar-refractivity contribution in [1.82, 2.24) is 9.55 Å². The summed E-state index contributed by atoms with van der Waals surface area (Å²) < 4.78 is 1.46. The number of nitrogens with zero attached hydrogens (tertiary/aromatic N) is 2. The van der Waals surface area contributed by atoms with Crippen LogP contribution in [-0.4, -0.2) is 21.3 Å². The van der Waals surface area contributed by atoms with Gasteiger partial charge in [0.2, 0.25) is 5.91 Å². The van der Waals surface area contributed by atoms with Crippen molar-refractivity contribution < 1.29 is 4.79 Å². The molecule has 0 atom stereocenters. The number of alkyl halides is 1. The molecule has 0 saturated carbocycles. The number of fused-ring (bicyclic) bond motifs is 1. The molecule has 0 N–H and O–H groups in total. The number of hydrogen-bond acceptors (Lipinski definition) is 2. The third-order valence-corrected chi connectivity index (χ3v) is 2.06. The van der Waals surface area contributed by atoms with Crippen LogP contribution in [0.15, 0.2) is 30.6 Å². The van der Waals surface area contributed by atoms with E-state index in [4.69, 9.17) is 11.6 Å². The fraction of sp³-hybridized carbons (Fsp3) is 0.111. The van der Waals surface area contributed by atoms with Crippen LogP contribution in [0.25, 0.3) is 11.0 Å². The van der Waals surface area contributed by atoms with E-state index in [1.54, 1.807) is 12.4 Å². The molecule has 4 heteroatoms. The molecule has 13 heavy (non-hydrogen) atoms. The Balaban J connectivity index is 2.64. The third-order valence-electron chi connectivity index (χ3n) is 1.83. The van der Waals surface area contributed by atoms with Gasteiger partial charge in [-0.1, -0.05) is 0 Å². The lowest BCUT2D eigenvalue weighted by Crippen LogP contribution is -2.10. The lowest BCUT2D eigenvalue weighted by atomic mass is 10.3. The maximum Gasteiger partial charge on any atom is 0.247 e. The standard InChI is InChI=1S/C9H7ClN2O/c10-6-8(13)12-5-3-7-2-1-4-11-9(7)12/h1-5H,6H2. The van der Waals surface area contributed by atoms with Gasteiger partial charge >= 0.3 is 0 Å². The molecule has 0 unspecified atom stereocenters. The minimum absolute atomic E-state index is 0.0274. The summed E-state index contributed by atoms with van der Waals surface area (Å²) in [6.45, 7) is 0. The number of halogens is 1. The highest BCUT2D eigenvalue weighted by Crippen LogP contribution is 2.11. The smallest absolute Gasteiger partial charge is 0.247 e. The van der Waals surface area contributed by atoms with Gasteiger partial charge in [0, 0.05) is 17.8 Å². The van der Waals surface area contributed by atoms with Crippen molar-refractivity contribution in [2.24, 2.45) is 0 Å². The van der Waals surface area contributed by atoms with E-state index in [-0.39, 0.29) is 11.8 Å². The van der Waals surface area contributed by atoms with Gasteiger partial charge in [0.15, 0.2) is 0 Å². The van der Waals surface area contributed by atoms with Crippen LogP contribution in [0, 0.1) is 0 Å². The molecule has 2 heterocycles. The Morgan fingerprint density at radius 2 is 2.38 bits per heavy atom. The van der Waals surface area contributed by atoms with Crippen molar-refractivity contribution in [3.05, 3.63) is 30.6 Å². The van der Waals surface area contributed by atoms with Crippen molar-refractivity contribution >= 4 is 28.5 Å². The van der Waals surface area contributed by atoms with Crippen LogP contribution in [0.1, 0.15) is 4.79 Å². The molecule has 0 aliphatic rings. The Labute approximate surface area is 79.9 Å². The maximum absolute atomic E-state index is 11.3. The van der Waals surface area contributed by atoms with E-state index in [0.29, 0.717) is 5.65 Å². The second-order valence-corrected chi connectivity index (χ2v) is 2.90. The first-order valence-corrected chi connectivity index (χ1v) is 4.37. The number of carbonyl (C=O) groups excluding carboxylic acids is 1. The average Bonchev–Trinajstić information content (AvgIpc) is 2.60. The van der Waals surface area contributed by atoms with Crippen molar-refractivity contribution in [3.8, 4) is 0 Å². The van der Waals surface area contributed by atoms with Crippen molar-refractivity contribution in [2.45, 2.75) is 0 Å². The fourth-order valence-electron chi connectivity index (χ4n) is 1.23. The van der Waals surface area contributed by atoms with Gasteiger partial charge in [-0.15, -0.1) is 11.6 Å². The summed E-state index contributed by atoms with van der Waals surface area (Å²) in [7, 11) is 0. The molecule has 0 bridgehead atoms. The van der Waals surface area contributed by atoms with Crippen LogP contribution in [0.5, 0.6) is 0 Å². The summed E-state index contributed by atoms with van der Waals surface area (Å²) in [6.07, 6.45) is 3.34. The van der Waals surface area contributed by atoms with E-state index in [0.717, 1.165) is 5.39 Å². The van der Waals surface area contributed by atoms with E-state index in [1.165, 1.54) is 4.57 Å². The van der Waals surface area contributed by atoms with Gasteiger partial charge < -0.3 is 0 Å². The van der Waals surface area contributed by atoms with Gasteiger partial charge in [-0.05, 0) is 18.2 Å². The first-order chi connectivity index (χ1) is 6.33. The van der Waals surface area contributed by atoms with Crippen LogP contribution in [0.3, 0.4) is 0 Å². The van der Waals surface area contributed by atoms with Gasteiger partial charge in [0.1, 0.15) is 11.5 Å². The van der Waals surface area contributed by atoms with Crippen molar-refractivity contribution in [3.63, 3.8) is 0 Å². The zero-order chi connectivity index (χ0) is 9.26. The molecule has 0 saturated heterocycles. The predicted molar refractivity (Wildman–Crippen MR) is 51.1 cm³/mol. The lowest BCUT2D eigenvalue weighted by molar-refractivity contribution is 0.0945. The number of pyridine rings is 1. The van der Waals surface area contributed by atoms with Gasteiger partial charge in [0.05, 0.1) is 0 Å². The molecule has 66 valence electrons. The molecule has 0 aliphatic carbocycles. The van der Waals surface area contributed by atoms with Crippen LogP contribution in [-0.2, 0) is 0 Å². The Bertz CT molecular complexity index is 450. The molecule has 0 spiro atoms. The summed E-state index contributed by atoms with van der Waals surface area (Å²) in [4.78, 5) is 15.4. The number of rotatable bonds is 1. The van der Waals surface area contributed by atoms with Crippen LogP contribution >= 0.6 is 11.6 Å². The zero-order valence-corrected chi connectivity index (χ0v) is 7.53. The van der Waals surface area contributed by atoms with E-state index in [2.05, 4.69) is 4.98 Å². The molecule has 0 radical (unpaired) electrons. The van der Waals surface area contributed by atoms with Gasteiger partial charge in [-0.3, -0.25) is 9.36 Å². The molecule has 3 nitrogen and oxygen atoms in total. The average molecular weight is 195 g/mol. The van der Waals surface area contributed by atoms with Crippen molar-refractivity contribution in [1.29, 1.82) is 0 Å². The Morgan fingerprint density at radius 1 is 1.54 bits per heavy atom. The first kappa shape index (κ1) is 8.26. The normalized spacial score (nSPS) is 10.5. The summed E-state index contributed by atoms with van der Waals surface area (Å²) in [6, 6.07) is 5.57. The largest absolute Gasteiger partial charge is 0.273 e. The molecular weight excluding hydrogens is 188 g/mol. The minimum Gasteiger partial charge on any atom is -0.273 e. The topological polar surface area (TPSA) is 34.9 Å². The highest BCUT2D eigenvalue weighted by molar-refractivity contribution is 6.28. The maximum atomic E-state index is 11.3. The number of aromatic nitrogens is 2. The number of carbonyl (C=O) groups is 1. The van der Waals surface area contributed by atoms with Crippen LogP contribution in [0.2, 0.25) is 0 Å². The summed E-state index contributed by atoms with van der Waals surface area (Å²) in [5.41, 5.74) is 0.660. The SMILES string of the molecule is O=C(CCl)n1ccc2cccnc21. The second-order valence-electron chi connectivity index (χ2n) is 2.63. The quantitative estimate of drug-likeness (QED) is 0.650. The molecule has 0 amide bonds. The molecule has 2 aromatic heterocycles. The Morgan fingerprint density at radius 3 is 3.15 bits per heavy atom. The van der Waals surface area contributed by atoms with Gasteiger partial charge in [0.25, 0.3) is 0 Å². The summed E-state index contributed by atoms with van der Waals surface area (Å²) >= 11 is 5.45. The van der Waals surface area contributed by atoms with E-state index in [1.807, 2.05) is 18.2 Å². The van der Waals surface area contributed by atoms with Crippen molar-refractivity contribution in [2.75, 3.05) is 5.88 Å². The summed E-state index contributed by atoms with van der Waals surface area (Å²) in [5.74, 6) is -0.184. The van der Waals surface area contributed by atoms with Gasteiger partial charge in [-0.2, -0.15) is 0 Å². The predicted octanol–water partition coefficient (Wildman–Crippen LogP) is 1.92. The zero-order valence-electron chi connectivity index (χ0n) is 6.77. The van der Waals surface area contributed by atoms with E-state index in [9.17, 15) is 4.79 Å². The number of hydrogen-bond donors (Lipinski definition) is 0.